The Morgan fingerprint density at radius 3 is 2.00 bits per heavy atom. The van der Waals surface area contributed by atoms with Gasteiger partial charge >= 0.3 is 0 Å². The van der Waals surface area contributed by atoms with E-state index in [1.807, 2.05) is 0 Å². The molecule has 0 aromatic carbocycles. The number of aliphatic hydroxyl groups is 4. The minimum atomic E-state index is -1.39. The Morgan fingerprint density at radius 1 is 0.913 bits per heavy atom. The fourth-order valence-electron chi connectivity index (χ4n) is 3.19. The van der Waals surface area contributed by atoms with Crippen molar-refractivity contribution in [3.8, 4) is 0 Å². The van der Waals surface area contributed by atoms with E-state index in [2.05, 4.69) is 6.92 Å². The normalized spacial score (nSPS) is 34.7. The van der Waals surface area contributed by atoms with Crippen molar-refractivity contribution >= 4 is 0 Å². The van der Waals surface area contributed by atoms with Crippen molar-refractivity contribution in [2.24, 2.45) is 0 Å². The highest BCUT2D eigenvalue weighted by atomic mass is 16.7. The molecule has 0 aliphatic carbocycles. The summed E-state index contributed by atoms with van der Waals surface area (Å²) in [6.45, 7) is 1.77. The second-order valence-corrected chi connectivity index (χ2v) is 6.60. The van der Waals surface area contributed by atoms with Gasteiger partial charge in [0.05, 0.1) is 6.61 Å². The lowest BCUT2D eigenvalue weighted by Crippen LogP contribution is -2.66. The molecule has 1 aliphatic rings. The zero-order valence-electron chi connectivity index (χ0n) is 14.5. The lowest BCUT2D eigenvalue weighted by atomic mass is 9.83. The lowest BCUT2D eigenvalue weighted by molar-refractivity contribution is -0.334. The summed E-state index contributed by atoms with van der Waals surface area (Å²) in [5, 5.41) is 39.7. The van der Waals surface area contributed by atoms with Crippen molar-refractivity contribution in [1.82, 2.24) is 0 Å². The number of methoxy groups -OCH3 is 1. The van der Waals surface area contributed by atoms with Crippen LogP contribution in [-0.2, 0) is 9.47 Å². The number of aliphatic hydroxyl groups excluding tert-OH is 4. The SMILES string of the molecule is CCCCCCCCCCC1(CO)O[C@H](OC)[C@@H](O)[C@H](O)[C@H]1O. The first-order valence-corrected chi connectivity index (χ1v) is 8.88. The number of unbranched alkanes of at least 4 members (excludes halogenated alkanes) is 7. The largest absolute Gasteiger partial charge is 0.393 e. The third kappa shape index (κ3) is 5.66. The first kappa shape index (κ1) is 20.8. The second-order valence-electron chi connectivity index (χ2n) is 6.60. The van der Waals surface area contributed by atoms with E-state index in [-0.39, 0.29) is 0 Å². The van der Waals surface area contributed by atoms with Crippen molar-refractivity contribution in [1.29, 1.82) is 0 Å². The number of rotatable bonds is 11. The summed E-state index contributed by atoms with van der Waals surface area (Å²) in [6.07, 6.45) is 4.44. The molecule has 0 bridgehead atoms. The van der Waals surface area contributed by atoms with Crippen LogP contribution in [-0.4, -0.2) is 64.3 Å². The zero-order valence-corrected chi connectivity index (χ0v) is 14.5. The smallest absolute Gasteiger partial charge is 0.186 e. The van der Waals surface area contributed by atoms with Crippen LogP contribution < -0.4 is 0 Å². The molecule has 5 atom stereocenters. The van der Waals surface area contributed by atoms with Gasteiger partial charge in [-0.25, -0.2) is 0 Å². The quantitative estimate of drug-likeness (QED) is 0.426. The van der Waals surface area contributed by atoms with Crippen molar-refractivity contribution in [2.75, 3.05) is 13.7 Å². The Bertz CT molecular complexity index is 311. The van der Waals surface area contributed by atoms with Crippen LogP contribution >= 0.6 is 0 Å². The predicted molar refractivity (Wildman–Crippen MR) is 86.9 cm³/mol. The van der Waals surface area contributed by atoms with Gasteiger partial charge in [-0.3, -0.25) is 0 Å². The van der Waals surface area contributed by atoms with Crippen LogP contribution in [0.4, 0.5) is 0 Å². The molecule has 23 heavy (non-hydrogen) atoms. The van der Waals surface area contributed by atoms with Gasteiger partial charge in [0.15, 0.2) is 6.29 Å². The summed E-state index contributed by atoms with van der Waals surface area (Å²) in [4.78, 5) is 0. The third-order valence-corrected chi connectivity index (χ3v) is 4.80. The molecule has 1 fully saturated rings. The van der Waals surface area contributed by atoms with E-state index >= 15 is 0 Å². The molecule has 0 aromatic rings. The maximum atomic E-state index is 10.2. The molecule has 1 heterocycles. The number of hydrogen-bond donors (Lipinski definition) is 4. The van der Waals surface area contributed by atoms with E-state index in [0.717, 1.165) is 19.3 Å². The van der Waals surface area contributed by atoms with Crippen LogP contribution in [0.1, 0.15) is 64.7 Å². The van der Waals surface area contributed by atoms with E-state index in [0.29, 0.717) is 6.42 Å². The maximum absolute atomic E-state index is 10.2. The topological polar surface area (TPSA) is 99.4 Å². The van der Waals surface area contributed by atoms with Gasteiger partial charge < -0.3 is 29.9 Å². The molecule has 0 aromatic heterocycles. The first-order valence-electron chi connectivity index (χ1n) is 8.88. The van der Waals surface area contributed by atoms with E-state index in [1.54, 1.807) is 0 Å². The van der Waals surface area contributed by atoms with Gasteiger partial charge in [0.1, 0.15) is 23.9 Å². The highest BCUT2D eigenvalue weighted by Crippen LogP contribution is 2.34. The Hall–Kier alpha value is -0.240. The highest BCUT2D eigenvalue weighted by molar-refractivity contribution is 4.99. The molecule has 1 rings (SSSR count). The number of ether oxygens (including phenoxy) is 2. The summed E-state index contributed by atoms with van der Waals surface area (Å²) in [5.41, 5.74) is -1.28. The Kier molecular flexibility index (Phi) is 9.58. The first-order chi connectivity index (χ1) is 11.0. The summed E-state index contributed by atoms with van der Waals surface area (Å²) in [6, 6.07) is 0. The zero-order chi connectivity index (χ0) is 17.3. The van der Waals surface area contributed by atoms with Crippen molar-refractivity contribution in [3.05, 3.63) is 0 Å². The van der Waals surface area contributed by atoms with Crippen LogP contribution in [0, 0.1) is 0 Å². The molecule has 0 spiro atoms. The summed E-state index contributed by atoms with van der Waals surface area (Å²) in [5.74, 6) is 0. The number of hydrogen-bond acceptors (Lipinski definition) is 6. The molecule has 0 radical (unpaired) electrons. The van der Waals surface area contributed by atoms with Crippen molar-refractivity contribution in [2.45, 2.75) is 94.9 Å². The van der Waals surface area contributed by atoms with E-state index in [4.69, 9.17) is 9.47 Å². The molecule has 138 valence electrons. The minimum absolute atomic E-state index is 0.420. The summed E-state index contributed by atoms with van der Waals surface area (Å²) >= 11 is 0. The molecule has 6 nitrogen and oxygen atoms in total. The van der Waals surface area contributed by atoms with E-state index < -0.39 is 36.8 Å². The van der Waals surface area contributed by atoms with Crippen LogP contribution in [0.15, 0.2) is 0 Å². The lowest BCUT2D eigenvalue weighted by Gasteiger charge is -2.47. The van der Waals surface area contributed by atoms with E-state index in [1.165, 1.54) is 39.2 Å². The van der Waals surface area contributed by atoms with Crippen molar-refractivity contribution < 1.29 is 29.9 Å². The van der Waals surface area contributed by atoms with Crippen LogP contribution in [0.5, 0.6) is 0 Å². The highest BCUT2D eigenvalue weighted by Gasteiger charge is 2.53. The van der Waals surface area contributed by atoms with Gasteiger partial charge in [0.2, 0.25) is 0 Å². The van der Waals surface area contributed by atoms with Crippen molar-refractivity contribution in [3.63, 3.8) is 0 Å². The third-order valence-electron chi connectivity index (χ3n) is 4.80. The van der Waals surface area contributed by atoms with Gasteiger partial charge in [-0.05, 0) is 6.42 Å². The van der Waals surface area contributed by atoms with Gasteiger partial charge in [0.25, 0.3) is 0 Å². The molecule has 1 saturated heterocycles. The Balaban J connectivity index is 2.41. The molecule has 1 unspecified atom stereocenters. The minimum Gasteiger partial charge on any atom is -0.393 e. The fourth-order valence-corrected chi connectivity index (χ4v) is 3.19. The maximum Gasteiger partial charge on any atom is 0.186 e. The van der Waals surface area contributed by atoms with Gasteiger partial charge in [0, 0.05) is 7.11 Å². The standard InChI is InChI=1S/C17H34O6/c1-3-4-5-6-7-8-9-10-11-17(12-18)15(21)13(19)14(20)16(22-2)23-17/h13-16,18-21H,3-12H2,1-2H3/t13-,14-,15+,16-,17?/m0/s1. The van der Waals surface area contributed by atoms with Crippen LogP contribution in [0.25, 0.3) is 0 Å². The molecule has 1 aliphatic heterocycles. The van der Waals surface area contributed by atoms with Gasteiger partial charge in [-0.1, -0.05) is 58.3 Å². The summed E-state index contributed by atoms with van der Waals surface area (Å²) in [7, 11) is 1.36. The predicted octanol–water partition coefficient (Wildman–Crippen LogP) is 1.33. The van der Waals surface area contributed by atoms with Crippen LogP contribution in [0.3, 0.4) is 0 Å². The molecular weight excluding hydrogens is 300 g/mol. The fraction of sp³-hybridized carbons (Fsp3) is 1.00. The molecule has 6 heteroatoms. The monoisotopic (exact) mass is 334 g/mol. The average Bonchev–Trinajstić information content (AvgIpc) is 2.57. The van der Waals surface area contributed by atoms with Crippen LogP contribution in [0.2, 0.25) is 0 Å². The van der Waals surface area contributed by atoms with Gasteiger partial charge in [-0.15, -0.1) is 0 Å². The molecular formula is C17H34O6. The Labute approximate surface area is 139 Å². The molecule has 4 N–H and O–H groups in total. The second kappa shape index (κ2) is 10.6. The van der Waals surface area contributed by atoms with Gasteiger partial charge in [-0.2, -0.15) is 0 Å². The summed E-state index contributed by atoms with van der Waals surface area (Å²) < 4.78 is 10.6. The van der Waals surface area contributed by atoms with E-state index in [9.17, 15) is 20.4 Å². The Morgan fingerprint density at radius 2 is 1.48 bits per heavy atom. The average molecular weight is 334 g/mol. The molecule has 0 amide bonds. The molecule has 0 saturated carbocycles.